The van der Waals surface area contributed by atoms with Crippen LogP contribution in [-0.4, -0.2) is 52.1 Å². The number of carboxylic acid groups (broad SMARTS) is 1. The quantitative estimate of drug-likeness (QED) is 0.557. The van der Waals surface area contributed by atoms with Gasteiger partial charge < -0.3 is 21.1 Å². The molecule has 0 radical (unpaired) electrons. The number of carbonyl (C=O) groups excluding carboxylic acids is 2. The van der Waals surface area contributed by atoms with Crippen LogP contribution < -0.4 is 11.1 Å². The first-order valence-corrected chi connectivity index (χ1v) is 5.31. The average molecular weight is 233 g/mol. The van der Waals surface area contributed by atoms with Gasteiger partial charge in [-0.2, -0.15) is 0 Å². The van der Waals surface area contributed by atoms with Crippen molar-refractivity contribution in [2.75, 3.05) is 18.2 Å². The molecule has 0 aromatic heterocycles. The van der Waals surface area contributed by atoms with Gasteiger partial charge in [0, 0.05) is 5.75 Å². The normalized spacial score (nSPS) is 20.0. The van der Waals surface area contributed by atoms with E-state index in [0.29, 0.717) is 11.6 Å². The van der Waals surface area contributed by atoms with Crippen LogP contribution in [0.4, 0.5) is 4.79 Å². The van der Waals surface area contributed by atoms with E-state index in [-0.39, 0.29) is 6.54 Å². The maximum atomic E-state index is 11.4. The van der Waals surface area contributed by atoms with Crippen molar-refractivity contribution in [3.05, 3.63) is 0 Å². The lowest BCUT2D eigenvalue weighted by molar-refractivity contribution is -0.140. The Kier molecular flexibility index (Phi) is 3.78. The van der Waals surface area contributed by atoms with Crippen molar-refractivity contribution < 1.29 is 19.5 Å². The van der Waals surface area contributed by atoms with Crippen LogP contribution in [-0.2, 0) is 9.59 Å². The number of rotatable bonds is 3. The highest BCUT2D eigenvalue weighted by atomic mass is 32.2. The van der Waals surface area contributed by atoms with Gasteiger partial charge in [-0.3, -0.25) is 4.79 Å². The third-order valence-corrected chi connectivity index (χ3v) is 2.85. The molecule has 1 atom stereocenters. The van der Waals surface area contributed by atoms with E-state index in [9.17, 15) is 14.4 Å². The summed E-state index contributed by atoms with van der Waals surface area (Å²) in [5.41, 5.74) is 4.84. The van der Waals surface area contributed by atoms with Crippen molar-refractivity contribution in [2.45, 2.75) is 6.04 Å². The first-order valence-electron chi connectivity index (χ1n) is 4.15. The zero-order chi connectivity index (χ0) is 11.4. The molecule has 1 aliphatic rings. The Balaban J connectivity index is 2.51. The number of thioether (sulfide) groups is 1. The number of urea groups is 1. The molecule has 7 nitrogen and oxygen atoms in total. The molecule has 3 amide bonds. The standard InChI is InChI=1S/C7H11N3O4S/c8-5(11)1-9-7(14)10-3-15-2-4(10)6(12)13/h4H,1-3H2,(H2,8,11)(H,9,14)(H,12,13)/t4-/m0/s1. The van der Waals surface area contributed by atoms with Crippen LogP contribution in [0, 0.1) is 0 Å². The molecule has 1 fully saturated rings. The Bertz CT molecular complexity index is 296. The number of carbonyl (C=O) groups is 3. The summed E-state index contributed by atoms with van der Waals surface area (Å²) in [5, 5.41) is 11.0. The summed E-state index contributed by atoms with van der Waals surface area (Å²) in [6.07, 6.45) is 0. The predicted octanol–water partition coefficient (Wildman–Crippen LogP) is -1.36. The molecule has 4 N–H and O–H groups in total. The number of nitrogens with zero attached hydrogens (tertiary/aromatic N) is 1. The van der Waals surface area contributed by atoms with E-state index >= 15 is 0 Å². The SMILES string of the molecule is NC(=O)CNC(=O)N1CSC[C@H]1C(=O)O. The topological polar surface area (TPSA) is 113 Å². The summed E-state index contributed by atoms with van der Waals surface area (Å²) in [4.78, 5) is 33.7. The fourth-order valence-electron chi connectivity index (χ4n) is 1.11. The molecular weight excluding hydrogens is 222 g/mol. The van der Waals surface area contributed by atoms with E-state index < -0.39 is 23.9 Å². The molecule has 0 bridgehead atoms. The summed E-state index contributed by atoms with van der Waals surface area (Å²) in [6, 6.07) is -1.41. The van der Waals surface area contributed by atoms with Crippen LogP contribution >= 0.6 is 11.8 Å². The molecule has 0 unspecified atom stereocenters. The number of nitrogens with one attached hydrogen (secondary N) is 1. The van der Waals surface area contributed by atoms with Crippen LogP contribution in [0.25, 0.3) is 0 Å². The summed E-state index contributed by atoms with van der Waals surface area (Å²) in [6.45, 7) is -0.285. The summed E-state index contributed by atoms with van der Waals surface area (Å²) in [7, 11) is 0. The van der Waals surface area contributed by atoms with Gasteiger partial charge in [0.2, 0.25) is 5.91 Å². The maximum absolute atomic E-state index is 11.4. The molecule has 0 aromatic carbocycles. The predicted molar refractivity (Wildman–Crippen MR) is 53.2 cm³/mol. The molecular formula is C7H11N3O4S. The van der Waals surface area contributed by atoms with Gasteiger partial charge in [-0.05, 0) is 0 Å². The fourth-order valence-corrected chi connectivity index (χ4v) is 2.26. The van der Waals surface area contributed by atoms with Gasteiger partial charge in [0.25, 0.3) is 0 Å². The first kappa shape index (κ1) is 11.6. The minimum absolute atomic E-state index is 0.285. The van der Waals surface area contributed by atoms with E-state index in [1.54, 1.807) is 0 Å². The Morgan fingerprint density at radius 1 is 1.53 bits per heavy atom. The Labute approximate surface area is 90.0 Å². The maximum Gasteiger partial charge on any atom is 0.327 e. The fraction of sp³-hybridized carbons (Fsp3) is 0.571. The van der Waals surface area contributed by atoms with Gasteiger partial charge in [-0.15, -0.1) is 11.8 Å². The van der Waals surface area contributed by atoms with Gasteiger partial charge in [-0.25, -0.2) is 9.59 Å². The van der Waals surface area contributed by atoms with Crippen LogP contribution in [0.2, 0.25) is 0 Å². The highest BCUT2D eigenvalue weighted by molar-refractivity contribution is 7.99. The second kappa shape index (κ2) is 4.87. The molecule has 8 heteroatoms. The molecule has 1 rings (SSSR count). The number of amides is 3. The van der Waals surface area contributed by atoms with Gasteiger partial charge >= 0.3 is 12.0 Å². The van der Waals surface area contributed by atoms with Gasteiger partial charge in [0.15, 0.2) is 0 Å². The molecule has 1 heterocycles. The second-order valence-electron chi connectivity index (χ2n) is 2.95. The Morgan fingerprint density at radius 3 is 2.73 bits per heavy atom. The second-order valence-corrected chi connectivity index (χ2v) is 3.95. The highest BCUT2D eigenvalue weighted by Crippen LogP contribution is 2.20. The van der Waals surface area contributed by atoms with Crippen molar-refractivity contribution in [2.24, 2.45) is 5.73 Å². The van der Waals surface area contributed by atoms with Gasteiger partial charge in [-0.1, -0.05) is 0 Å². The van der Waals surface area contributed by atoms with Crippen molar-refractivity contribution in [3.63, 3.8) is 0 Å². The lowest BCUT2D eigenvalue weighted by Crippen LogP contribution is -2.48. The van der Waals surface area contributed by atoms with E-state index in [1.807, 2.05) is 0 Å². The van der Waals surface area contributed by atoms with Gasteiger partial charge in [0.1, 0.15) is 6.04 Å². The average Bonchev–Trinajstić information content (AvgIpc) is 2.62. The van der Waals surface area contributed by atoms with Crippen LogP contribution in [0.3, 0.4) is 0 Å². The Hall–Kier alpha value is -1.44. The summed E-state index contributed by atoms with van der Waals surface area (Å²) < 4.78 is 0. The molecule has 0 aliphatic carbocycles. The monoisotopic (exact) mass is 233 g/mol. The van der Waals surface area contributed by atoms with Crippen molar-refractivity contribution in [1.29, 1.82) is 0 Å². The molecule has 15 heavy (non-hydrogen) atoms. The minimum Gasteiger partial charge on any atom is -0.480 e. The Morgan fingerprint density at radius 2 is 2.20 bits per heavy atom. The zero-order valence-corrected chi connectivity index (χ0v) is 8.62. The van der Waals surface area contributed by atoms with E-state index in [0.717, 1.165) is 4.90 Å². The number of nitrogens with two attached hydrogens (primary N) is 1. The first-order chi connectivity index (χ1) is 7.02. The van der Waals surface area contributed by atoms with E-state index in [4.69, 9.17) is 10.8 Å². The molecule has 1 aliphatic heterocycles. The summed E-state index contributed by atoms with van der Waals surface area (Å²) >= 11 is 1.35. The number of hydrogen-bond donors (Lipinski definition) is 3. The molecule has 0 spiro atoms. The highest BCUT2D eigenvalue weighted by Gasteiger charge is 2.34. The van der Waals surface area contributed by atoms with Crippen LogP contribution in [0.5, 0.6) is 0 Å². The molecule has 0 aromatic rings. The van der Waals surface area contributed by atoms with E-state index in [1.165, 1.54) is 11.8 Å². The van der Waals surface area contributed by atoms with Gasteiger partial charge in [0.05, 0.1) is 12.4 Å². The van der Waals surface area contributed by atoms with Crippen molar-refractivity contribution >= 4 is 29.7 Å². The number of hydrogen-bond acceptors (Lipinski definition) is 4. The lowest BCUT2D eigenvalue weighted by Gasteiger charge is -2.20. The van der Waals surface area contributed by atoms with Crippen LogP contribution in [0.15, 0.2) is 0 Å². The lowest BCUT2D eigenvalue weighted by atomic mass is 10.3. The molecule has 1 saturated heterocycles. The molecule has 0 saturated carbocycles. The van der Waals surface area contributed by atoms with Crippen LogP contribution in [0.1, 0.15) is 0 Å². The number of aliphatic carboxylic acids is 1. The number of primary amides is 1. The van der Waals surface area contributed by atoms with Crippen molar-refractivity contribution in [3.8, 4) is 0 Å². The zero-order valence-electron chi connectivity index (χ0n) is 7.80. The third kappa shape index (κ3) is 3.01. The largest absolute Gasteiger partial charge is 0.480 e. The summed E-state index contributed by atoms with van der Waals surface area (Å²) in [5.74, 6) is -1.04. The minimum atomic E-state index is -1.05. The van der Waals surface area contributed by atoms with Crippen molar-refractivity contribution in [1.82, 2.24) is 10.2 Å². The smallest absolute Gasteiger partial charge is 0.327 e. The third-order valence-electron chi connectivity index (χ3n) is 1.84. The molecule has 84 valence electrons. The van der Waals surface area contributed by atoms with E-state index in [2.05, 4.69) is 5.32 Å². The number of carboxylic acids is 1.